The number of aromatic nitrogens is 3. The van der Waals surface area contributed by atoms with Crippen LogP contribution >= 0.6 is 11.3 Å². The van der Waals surface area contributed by atoms with Crippen molar-refractivity contribution in [3.63, 3.8) is 0 Å². The third-order valence-corrected chi connectivity index (χ3v) is 7.84. The maximum Gasteiger partial charge on any atom is 0.206 e. The van der Waals surface area contributed by atoms with Crippen molar-refractivity contribution in [3.8, 4) is 0 Å². The van der Waals surface area contributed by atoms with E-state index in [1.54, 1.807) is 11.3 Å². The highest BCUT2D eigenvalue weighted by atomic mass is 32.1. The Morgan fingerprint density at radius 2 is 1.62 bits per heavy atom. The molecule has 0 atom stereocenters. The average molecular weight is 450 g/mol. The number of imidazole rings is 1. The van der Waals surface area contributed by atoms with Crippen LogP contribution in [0.3, 0.4) is 0 Å². The van der Waals surface area contributed by atoms with Crippen molar-refractivity contribution in [3.05, 3.63) is 48.0 Å². The molecule has 0 saturated carbocycles. The van der Waals surface area contributed by atoms with Gasteiger partial charge in [-0.1, -0.05) is 29.5 Å². The van der Waals surface area contributed by atoms with Crippen LogP contribution in [0.1, 0.15) is 46.6 Å². The molecule has 2 heterocycles. The molecule has 0 bridgehead atoms. The summed E-state index contributed by atoms with van der Waals surface area (Å²) in [7, 11) is 6.39. The quantitative estimate of drug-likeness (QED) is 0.348. The lowest BCUT2D eigenvalue weighted by Crippen LogP contribution is -2.41. The maximum atomic E-state index is 4.89. The molecular weight excluding hydrogens is 414 g/mol. The summed E-state index contributed by atoms with van der Waals surface area (Å²) >= 11 is 1.76. The molecule has 0 spiro atoms. The molecule has 0 saturated heterocycles. The van der Waals surface area contributed by atoms with Gasteiger partial charge in [-0.05, 0) is 77.3 Å². The van der Waals surface area contributed by atoms with Gasteiger partial charge in [-0.25, -0.2) is 9.97 Å². The number of hydrogen-bond donors (Lipinski definition) is 0. The van der Waals surface area contributed by atoms with Crippen molar-refractivity contribution in [2.24, 2.45) is 7.05 Å². The highest BCUT2D eigenvalue weighted by Crippen LogP contribution is 2.33. The lowest BCUT2D eigenvalue weighted by molar-refractivity contribution is 0.449. The smallest absolute Gasteiger partial charge is 0.206 e. The molecule has 0 fully saturated rings. The minimum Gasteiger partial charge on any atom is -0.346 e. The van der Waals surface area contributed by atoms with E-state index in [9.17, 15) is 0 Å². The van der Waals surface area contributed by atoms with E-state index in [-0.39, 0.29) is 11.1 Å². The highest BCUT2D eigenvalue weighted by Gasteiger charge is 2.26. The predicted octanol–water partition coefficient (Wildman–Crippen LogP) is 6.27. The fourth-order valence-electron chi connectivity index (χ4n) is 3.86. The predicted molar refractivity (Wildman–Crippen MR) is 139 cm³/mol. The second-order valence-corrected chi connectivity index (χ2v) is 11.4. The number of thiazole rings is 1. The molecule has 0 unspecified atom stereocenters. The molecule has 5 nitrogen and oxygen atoms in total. The summed E-state index contributed by atoms with van der Waals surface area (Å²) in [6.07, 6.45) is 2.05. The average Bonchev–Trinajstić information content (AvgIpc) is 3.31. The Kier molecular flexibility index (Phi) is 5.70. The van der Waals surface area contributed by atoms with E-state index >= 15 is 0 Å². The Morgan fingerprint density at radius 1 is 0.906 bits per heavy atom. The number of para-hydroxylation sites is 1. The van der Waals surface area contributed by atoms with Gasteiger partial charge in [0.05, 0.1) is 21.3 Å². The van der Waals surface area contributed by atoms with Gasteiger partial charge in [0.2, 0.25) is 5.95 Å². The lowest BCUT2D eigenvalue weighted by Gasteiger charge is -2.35. The lowest BCUT2D eigenvalue weighted by atomic mass is 9.94. The van der Waals surface area contributed by atoms with Gasteiger partial charge in [-0.2, -0.15) is 0 Å². The topological polar surface area (TPSA) is 37.2 Å². The van der Waals surface area contributed by atoms with E-state index in [0.29, 0.717) is 0 Å². The van der Waals surface area contributed by atoms with Crippen molar-refractivity contribution in [1.82, 2.24) is 14.5 Å². The maximum absolute atomic E-state index is 4.89. The zero-order chi connectivity index (χ0) is 23.3. The van der Waals surface area contributed by atoms with Gasteiger partial charge in [-0.3, -0.25) is 0 Å². The molecule has 32 heavy (non-hydrogen) atoms. The van der Waals surface area contributed by atoms with Crippen LogP contribution in [0.2, 0.25) is 0 Å². The second kappa shape index (κ2) is 8.07. The SMILES string of the molecule is CN(c1nc2ccc(CCC(C)(C)N(C)c3nc4ccccc4s3)cc2n1C)C(C)(C)C. The zero-order valence-corrected chi connectivity index (χ0v) is 21.4. The van der Waals surface area contributed by atoms with Crippen molar-refractivity contribution in [2.75, 3.05) is 23.9 Å². The van der Waals surface area contributed by atoms with Crippen LogP contribution in [0.15, 0.2) is 42.5 Å². The zero-order valence-electron chi connectivity index (χ0n) is 20.6. The largest absolute Gasteiger partial charge is 0.346 e. The molecule has 2 aromatic heterocycles. The molecular formula is C26H35N5S. The van der Waals surface area contributed by atoms with Gasteiger partial charge >= 0.3 is 0 Å². The number of fused-ring (bicyclic) bond motifs is 2. The van der Waals surface area contributed by atoms with E-state index in [4.69, 9.17) is 9.97 Å². The molecule has 6 heteroatoms. The summed E-state index contributed by atoms with van der Waals surface area (Å²) in [6, 6.07) is 15.1. The van der Waals surface area contributed by atoms with E-state index < -0.39 is 0 Å². The Morgan fingerprint density at radius 3 is 2.31 bits per heavy atom. The summed E-state index contributed by atoms with van der Waals surface area (Å²) in [5, 5.41) is 1.08. The summed E-state index contributed by atoms with van der Waals surface area (Å²) in [5.41, 5.74) is 4.67. The highest BCUT2D eigenvalue weighted by molar-refractivity contribution is 7.22. The summed E-state index contributed by atoms with van der Waals surface area (Å²) in [6.45, 7) is 11.2. The molecule has 0 radical (unpaired) electrons. The Bertz CT molecular complexity index is 1210. The van der Waals surface area contributed by atoms with Gasteiger partial charge in [-0.15, -0.1) is 0 Å². The van der Waals surface area contributed by atoms with Crippen LogP contribution in [0.25, 0.3) is 21.3 Å². The first-order valence-corrected chi connectivity index (χ1v) is 12.1. The molecule has 4 aromatic rings. The number of anilines is 2. The standard InChI is InChI=1S/C26H35N5S/c1-25(2,3)30(7)23-27-19-14-13-18(17-21(19)29(23)6)15-16-26(4,5)31(8)24-28-20-11-9-10-12-22(20)32-24/h9-14,17H,15-16H2,1-8H3. The van der Waals surface area contributed by atoms with Crippen LogP contribution < -0.4 is 9.80 Å². The molecule has 2 aromatic carbocycles. The summed E-state index contributed by atoms with van der Waals surface area (Å²) in [4.78, 5) is 14.3. The number of hydrogen-bond acceptors (Lipinski definition) is 5. The van der Waals surface area contributed by atoms with Gasteiger partial charge in [0.25, 0.3) is 0 Å². The van der Waals surface area contributed by atoms with E-state index in [0.717, 1.165) is 35.0 Å². The van der Waals surface area contributed by atoms with Crippen LogP contribution in [0, 0.1) is 0 Å². The summed E-state index contributed by atoms with van der Waals surface area (Å²) in [5.74, 6) is 1.00. The minimum atomic E-state index is -0.00704. The first-order chi connectivity index (χ1) is 15.0. The van der Waals surface area contributed by atoms with Gasteiger partial charge < -0.3 is 14.4 Å². The number of rotatable bonds is 6. The van der Waals surface area contributed by atoms with Crippen LogP contribution in [0.4, 0.5) is 11.1 Å². The monoisotopic (exact) mass is 449 g/mol. The van der Waals surface area contributed by atoms with Crippen molar-refractivity contribution in [1.29, 1.82) is 0 Å². The van der Waals surface area contributed by atoms with E-state index in [1.165, 1.54) is 15.8 Å². The fraction of sp³-hybridized carbons (Fsp3) is 0.462. The third kappa shape index (κ3) is 4.20. The molecule has 170 valence electrons. The van der Waals surface area contributed by atoms with Crippen LogP contribution in [-0.4, -0.2) is 39.7 Å². The normalized spacial score (nSPS) is 12.6. The van der Waals surface area contributed by atoms with Gasteiger partial charge in [0.15, 0.2) is 5.13 Å². The molecule has 0 aliphatic rings. The van der Waals surface area contributed by atoms with E-state index in [2.05, 4.69) is 113 Å². The van der Waals surface area contributed by atoms with Gasteiger partial charge in [0, 0.05) is 32.2 Å². The Balaban J connectivity index is 1.53. The first-order valence-electron chi connectivity index (χ1n) is 11.3. The molecule has 0 amide bonds. The minimum absolute atomic E-state index is 0.00704. The number of nitrogens with zero attached hydrogens (tertiary/aromatic N) is 5. The molecule has 0 N–H and O–H groups in total. The number of benzene rings is 2. The number of aryl methyl sites for hydroxylation is 2. The van der Waals surface area contributed by atoms with Crippen molar-refractivity contribution < 1.29 is 0 Å². The fourth-order valence-corrected chi connectivity index (χ4v) is 4.95. The molecule has 4 rings (SSSR count). The van der Waals surface area contributed by atoms with E-state index in [1.807, 2.05) is 0 Å². The second-order valence-electron chi connectivity index (χ2n) is 10.4. The van der Waals surface area contributed by atoms with Crippen molar-refractivity contribution >= 4 is 43.7 Å². The van der Waals surface area contributed by atoms with Crippen LogP contribution in [0.5, 0.6) is 0 Å². The molecule has 0 aliphatic carbocycles. The van der Waals surface area contributed by atoms with Gasteiger partial charge in [0.1, 0.15) is 0 Å². The Labute approximate surface area is 195 Å². The first kappa shape index (κ1) is 22.6. The van der Waals surface area contributed by atoms with Crippen molar-refractivity contribution in [2.45, 2.75) is 58.5 Å². The molecule has 0 aliphatic heterocycles. The Hall–Kier alpha value is -2.60. The third-order valence-electron chi connectivity index (χ3n) is 6.73. The van der Waals surface area contributed by atoms with Crippen LogP contribution in [-0.2, 0) is 13.5 Å². The summed E-state index contributed by atoms with van der Waals surface area (Å²) < 4.78 is 3.45.